The molecule has 96 valence electrons. The van der Waals surface area contributed by atoms with Crippen molar-refractivity contribution < 1.29 is 9.84 Å². The van der Waals surface area contributed by atoms with E-state index in [0.29, 0.717) is 0 Å². The van der Waals surface area contributed by atoms with Crippen molar-refractivity contribution in [3.8, 4) is 5.75 Å². The standard InChI is InChI=1S/C15H24O2/c1-11-9-13(7-6-8-15(3,4)16)14(17-5)10-12(11)2/h9-10,16H,6-8H2,1-5H3. The Balaban J connectivity index is 2.73. The highest BCUT2D eigenvalue weighted by atomic mass is 16.5. The lowest BCUT2D eigenvalue weighted by atomic mass is 9.96. The molecule has 1 rings (SSSR count). The lowest BCUT2D eigenvalue weighted by Crippen LogP contribution is -2.18. The molecule has 0 spiro atoms. The zero-order chi connectivity index (χ0) is 13.1. The van der Waals surface area contributed by atoms with Crippen molar-refractivity contribution in [2.45, 2.75) is 52.6 Å². The van der Waals surface area contributed by atoms with Gasteiger partial charge in [0.25, 0.3) is 0 Å². The van der Waals surface area contributed by atoms with E-state index in [-0.39, 0.29) is 0 Å². The average Bonchev–Trinajstić information content (AvgIpc) is 2.21. The third-order valence-corrected chi connectivity index (χ3v) is 3.13. The van der Waals surface area contributed by atoms with E-state index in [2.05, 4.69) is 26.0 Å². The summed E-state index contributed by atoms with van der Waals surface area (Å²) >= 11 is 0. The maximum atomic E-state index is 9.69. The van der Waals surface area contributed by atoms with Gasteiger partial charge in [-0.2, -0.15) is 0 Å². The second-order valence-electron chi connectivity index (χ2n) is 5.41. The average molecular weight is 236 g/mol. The molecule has 0 fully saturated rings. The third kappa shape index (κ3) is 4.39. The van der Waals surface area contributed by atoms with Crippen LogP contribution in [-0.2, 0) is 6.42 Å². The van der Waals surface area contributed by atoms with Crippen LogP contribution >= 0.6 is 0 Å². The van der Waals surface area contributed by atoms with E-state index in [1.807, 2.05) is 13.8 Å². The Morgan fingerprint density at radius 3 is 2.29 bits per heavy atom. The smallest absolute Gasteiger partial charge is 0.122 e. The highest BCUT2D eigenvalue weighted by Gasteiger charge is 2.13. The lowest BCUT2D eigenvalue weighted by molar-refractivity contribution is 0.0689. The van der Waals surface area contributed by atoms with Gasteiger partial charge in [-0.25, -0.2) is 0 Å². The van der Waals surface area contributed by atoms with Crippen LogP contribution in [0.5, 0.6) is 5.75 Å². The van der Waals surface area contributed by atoms with E-state index in [0.717, 1.165) is 25.0 Å². The van der Waals surface area contributed by atoms with Gasteiger partial charge in [-0.05, 0) is 69.7 Å². The van der Waals surface area contributed by atoms with E-state index in [4.69, 9.17) is 4.74 Å². The minimum absolute atomic E-state index is 0.576. The molecule has 1 aromatic rings. The molecule has 0 saturated heterocycles. The van der Waals surface area contributed by atoms with Crippen LogP contribution in [-0.4, -0.2) is 17.8 Å². The van der Waals surface area contributed by atoms with Crippen LogP contribution in [0.1, 0.15) is 43.4 Å². The van der Waals surface area contributed by atoms with E-state index in [1.54, 1.807) is 7.11 Å². The van der Waals surface area contributed by atoms with Gasteiger partial charge in [0.1, 0.15) is 5.75 Å². The predicted octanol–water partition coefficient (Wildman–Crippen LogP) is 3.41. The molecule has 1 aromatic carbocycles. The fourth-order valence-electron chi connectivity index (χ4n) is 1.95. The van der Waals surface area contributed by atoms with Crippen molar-refractivity contribution in [2.24, 2.45) is 0 Å². The van der Waals surface area contributed by atoms with Gasteiger partial charge in [-0.1, -0.05) is 6.07 Å². The molecule has 0 saturated carbocycles. The van der Waals surface area contributed by atoms with Gasteiger partial charge in [0, 0.05) is 0 Å². The van der Waals surface area contributed by atoms with E-state index in [1.165, 1.54) is 16.7 Å². The Labute approximate surface area is 105 Å². The third-order valence-electron chi connectivity index (χ3n) is 3.13. The lowest BCUT2D eigenvalue weighted by Gasteiger charge is -2.17. The van der Waals surface area contributed by atoms with Gasteiger partial charge in [0.2, 0.25) is 0 Å². The molecular formula is C15H24O2. The van der Waals surface area contributed by atoms with Crippen molar-refractivity contribution in [1.29, 1.82) is 0 Å². The largest absolute Gasteiger partial charge is 0.496 e. The van der Waals surface area contributed by atoms with Crippen LogP contribution in [0.25, 0.3) is 0 Å². The van der Waals surface area contributed by atoms with E-state index < -0.39 is 5.60 Å². The maximum absolute atomic E-state index is 9.69. The van der Waals surface area contributed by atoms with Gasteiger partial charge in [0.15, 0.2) is 0 Å². The Bertz CT molecular complexity index is 375. The molecule has 0 bridgehead atoms. The van der Waals surface area contributed by atoms with Gasteiger partial charge >= 0.3 is 0 Å². The van der Waals surface area contributed by atoms with Crippen molar-refractivity contribution in [3.05, 3.63) is 28.8 Å². The van der Waals surface area contributed by atoms with Crippen LogP contribution in [0, 0.1) is 13.8 Å². The summed E-state index contributed by atoms with van der Waals surface area (Å²) in [6.07, 6.45) is 2.74. The molecule has 0 aliphatic carbocycles. The number of aryl methyl sites for hydroxylation is 3. The molecule has 0 aliphatic heterocycles. The number of ether oxygens (including phenoxy) is 1. The minimum atomic E-state index is -0.576. The molecule has 0 aromatic heterocycles. The van der Waals surface area contributed by atoms with E-state index in [9.17, 15) is 5.11 Å². The van der Waals surface area contributed by atoms with Crippen molar-refractivity contribution in [1.82, 2.24) is 0 Å². The SMILES string of the molecule is COc1cc(C)c(C)cc1CCCC(C)(C)O. The Hall–Kier alpha value is -1.02. The van der Waals surface area contributed by atoms with Crippen molar-refractivity contribution >= 4 is 0 Å². The molecule has 1 N–H and O–H groups in total. The first-order chi connectivity index (χ1) is 7.83. The zero-order valence-corrected chi connectivity index (χ0v) is 11.6. The van der Waals surface area contributed by atoms with Gasteiger partial charge < -0.3 is 9.84 Å². The molecule has 17 heavy (non-hydrogen) atoms. The highest BCUT2D eigenvalue weighted by Crippen LogP contribution is 2.25. The molecule has 0 aliphatic rings. The van der Waals surface area contributed by atoms with Gasteiger partial charge in [0.05, 0.1) is 12.7 Å². The molecule has 0 amide bonds. The molecular weight excluding hydrogens is 212 g/mol. The fraction of sp³-hybridized carbons (Fsp3) is 0.600. The second-order valence-corrected chi connectivity index (χ2v) is 5.41. The number of hydrogen-bond donors (Lipinski definition) is 1. The normalized spacial score (nSPS) is 11.6. The summed E-state index contributed by atoms with van der Waals surface area (Å²) in [5.74, 6) is 0.962. The van der Waals surface area contributed by atoms with Crippen LogP contribution < -0.4 is 4.74 Å². The number of rotatable bonds is 5. The molecule has 0 heterocycles. The summed E-state index contributed by atoms with van der Waals surface area (Å²) in [4.78, 5) is 0. The number of hydrogen-bond acceptors (Lipinski definition) is 2. The quantitative estimate of drug-likeness (QED) is 0.849. The van der Waals surface area contributed by atoms with Crippen molar-refractivity contribution in [3.63, 3.8) is 0 Å². The highest BCUT2D eigenvalue weighted by molar-refractivity contribution is 5.41. The molecule has 0 radical (unpaired) electrons. The van der Waals surface area contributed by atoms with E-state index >= 15 is 0 Å². The molecule has 0 unspecified atom stereocenters. The van der Waals surface area contributed by atoms with Crippen LogP contribution in [0.2, 0.25) is 0 Å². The number of aliphatic hydroxyl groups is 1. The number of methoxy groups -OCH3 is 1. The van der Waals surface area contributed by atoms with Crippen LogP contribution in [0.3, 0.4) is 0 Å². The van der Waals surface area contributed by atoms with Crippen LogP contribution in [0.4, 0.5) is 0 Å². The first kappa shape index (κ1) is 14.0. The summed E-state index contributed by atoms with van der Waals surface area (Å²) < 4.78 is 5.40. The number of benzene rings is 1. The summed E-state index contributed by atoms with van der Waals surface area (Å²) in [6.45, 7) is 7.92. The predicted molar refractivity (Wildman–Crippen MR) is 71.7 cm³/mol. The topological polar surface area (TPSA) is 29.5 Å². The fourth-order valence-corrected chi connectivity index (χ4v) is 1.95. The molecule has 0 atom stereocenters. The maximum Gasteiger partial charge on any atom is 0.122 e. The Morgan fingerprint density at radius 1 is 1.18 bits per heavy atom. The minimum Gasteiger partial charge on any atom is -0.496 e. The van der Waals surface area contributed by atoms with Gasteiger partial charge in [-0.3, -0.25) is 0 Å². The van der Waals surface area contributed by atoms with Gasteiger partial charge in [-0.15, -0.1) is 0 Å². The second kappa shape index (κ2) is 5.54. The first-order valence-electron chi connectivity index (χ1n) is 6.20. The van der Waals surface area contributed by atoms with Crippen LogP contribution in [0.15, 0.2) is 12.1 Å². The Morgan fingerprint density at radius 2 is 1.76 bits per heavy atom. The first-order valence-corrected chi connectivity index (χ1v) is 6.20. The van der Waals surface area contributed by atoms with Crippen molar-refractivity contribution in [2.75, 3.05) is 7.11 Å². The Kier molecular flexibility index (Phi) is 4.58. The summed E-state index contributed by atoms with van der Waals surface area (Å²) in [5.41, 5.74) is 3.21. The molecule has 2 heteroatoms. The summed E-state index contributed by atoms with van der Waals surface area (Å²) in [7, 11) is 1.71. The monoisotopic (exact) mass is 236 g/mol. The summed E-state index contributed by atoms with van der Waals surface area (Å²) in [5, 5.41) is 9.69. The summed E-state index contributed by atoms with van der Waals surface area (Å²) in [6, 6.07) is 4.29. The molecule has 2 nitrogen and oxygen atoms in total. The zero-order valence-electron chi connectivity index (χ0n) is 11.6.